The number of hydrogen-bond acceptors (Lipinski definition) is 9. The van der Waals surface area contributed by atoms with Crippen molar-refractivity contribution in [2.24, 2.45) is 0 Å². The van der Waals surface area contributed by atoms with Gasteiger partial charge in [-0.15, -0.1) is 0 Å². The fourth-order valence-electron chi connectivity index (χ4n) is 7.84. The molecule has 0 bridgehead atoms. The maximum atomic E-state index is 14.4. The van der Waals surface area contributed by atoms with Crippen molar-refractivity contribution in [2.45, 2.75) is 87.9 Å². The summed E-state index contributed by atoms with van der Waals surface area (Å²) in [5, 5.41) is 31.3. The van der Waals surface area contributed by atoms with Crippen LogP contribution in [0.5, 0.6) is 6.01 Å². The molecule has 1 aliphatic carbocycles. The second kappa shape index (κ2) is 10.2. The van der Waals surface area contributed by atoms with Crippen molar-refractivity contribution >= 4 is 34.0 Å². The summed E-state index contributed by atoms with van der Waals surface area (Å²) in [6.45, 7) is 3.39. The van der Waals surface area contributed by atoms with Gasteiger partial charge in [0, 0.05) is 36.5 Å². The van der Waals surface area contributed by atoms with Crippen molar-refractivity contribution < 1.29 is 19.3 Å². The van der Waals surface area contributed by atoms with Gasteiger partial charge in [-0.2, -0.15) is 15.1 Å². The Bertz CT molecular complexity index is 1520. The molecule has 5 aliphatic rings. The molecule has 0 spiro atoms. The monoisotopic (exact) mass is 597 g/mol. The van der Waals surface area contributed by atoms with E-state index in [1.54, 1.807) is 6.20 Å². The van der Waals surface area contributed by atoms with E-state index in [0.29, 0.717) is 73.6 Å². The van der Waals surface area contributed by atoms with Gasteiger partial charge >= 0.3 is 6.01 Å². The zero-order valence-electron chi connectivity index (χ0n) is 23.6. The summed E-state index contributed by atoms with van der Waals surface area (Å²) in [6.07, 6.45) is 6.33. The Morgan fingerprint density at radius 1 is 1.10 bits per heavy atom. The number of aliphatic hydroxyl groups excluding tert-OH is 2. The van der Waals surface area contributed by atoms with Crippen molar-refractivity contribution in [2.75, 3.05) is 42.6 Å². The van der Waals surface area contributed by atoms with Crippen LogP contribution in [0.3, 0.4) is 0 Å². The minimum atomic E-state index is -0.989. The van der Waals surface area contributed by atoms with Crippen LogP contribution in [0.25, 0.3) is 10.9 Å². The molecule has 42 heavy (non-hydrogen) atoms. The molecule has 3 N–H and O–H groups in total. The zero-order valence-corrected chi connectivity index (χ0v) is 24.4. The van der Waals surface area contributed by atoms with Crippen LogP contribution < -0.4 is 14.5 Å². The number of anilines is 2. The van der Waals surface area contributed by atoms with E-state index in [0.717, 1.165) is 67.2 Å². The van der Waals surface area contributed by atoms with Crippen molar-refractivity contribution in [1.82, 2.24) is 25.1 Å². The number of hydrogen-bond donors (Lipinski definition) is 3. The molecule has 2 aromatic heterocycles. The van der Waals surface area contributed by atoms with Crippen LogP contribution in [0.15, 0.2) is 12.3 Å². The first kappa shape index (κ1) is 26.9. The quantitative estimate of drug-likeness (QED) is 0.385. The van der Waals surface area contributed by atoms with Gasteiger partial charge in [-0.1, -0.05) is 11.6 Å². The minimum Gasteiger partial charge on any atom is -0.461 e. The van der Waals surface area contributed by atoms with Gasteiger partial charge in [0.15, 0.2) is 6.23 Å². The lowest BCUT2D eigenvalue weighted by molar-refractivity contribution is 0.107. The SMILES string of the molecule is OC1c2c(nc(OC[C@@]34CCCN3C[C@H](F)C4)nc2N2CCC[C@H](O)CC2)CN1c1c(C2CC2)c(Cl)cc2[nH]ncc12. The number of benzene rings is 1. The Kier molecular flexibility index (Phi) is 6.51. The molecule has 6 heterocycles. The van der Waals surface area contributed by atoms with Crippen LogP contribution in [-0.2, 0) is 6.54 Å². The lowest BCUT2D eigenvalue weighted by Crippen LogP contribution is -2.43. The van der Waals surface area contributed by atoms with Crippen molar-refractivity contribution in [3.8, 4) is 6.01 Å². The normalized spacial score (nSPS) is 29.8. The lowest BCUT2D eigenvalue weighted by Gasteiger charge is -2.31. The summed E-state index contributed by atoms with van der Waals surface area (Å²) < 4.78 is 20.8. The molecule has 224 valence electrons. The Morgan fingerprint density at radius 3 is 2.83 bits per heavy atom. The number of alkyl halides is 1. The number of ether oxygens (including phenoxy) is 1. The summed E-state index contributed by atoms with van der Waals surface area (Å²) in [5.41, 5.74) is 3.82. The van der Waals surface area contributed by atoms with Gasteiger partial charge in [-0.3, -0.25) is 10.00 Å². The molecule has 1 aromatic carbocycles. The Labute approximate surface area is 248 Å². The molecule has 1 unspecified atom stereocenters. The minimum absolute atomic E-state index is 0.257. The molecule has 1 saturated carbocycles. The molecule has 4 fully saturated rings. The first-order chi connectivity index (χ1) is 20.4. The van der Waals surface area contributed by atoms with Gasteiger partial charge in [0.05, 0.1) is 46.8 Å². The number of nitrogens with one attached hydrogen (secondary N) is 1. The Morgan fingerprint density at radius 2 is 1.98 bits per heavy atom. The highest BCUT2D eigenvalue weighted by Crippen LogP contribution is 2.53. The number of halogens is 2. The standard InChI is InChI=1S/C30H37ClFN7O3/c31-21-11-22-20(13-33-36-22)26(24(21)17-4-5-17)39-15-23-25(28(39)41)27(37-8-1-3-19(40)6-10-37)35-29(34-23)42-16-30-7-2-9-38(30)14-18(32)12-30/h11,13,17-19,28,40-41H,1-10,12,14-16H2,(H,33,36)/t18-,19+,28?,30+/m1/s1. The van der Waals surface area contributed by atoms with Crippen LogP contribution in [-0.4, -0.2) is 85.9 Å². The number of aromatic nitrogens is 4. The van der Waals surface area contributed by atoms with E-state index >= 15 is 0 Å². The number of fused-ring (bicyclic) bond motifs is 3. The van der Waals surface area contributed by atoms with Crippen LogP contribution >= 0.6 is 11.6 Å². The van der Waals surface area contributed by atoms with Crippen LogP contribution in [0, 0.1) is 0 Å². The Hall–Kier alpha value is -2.73. The third-order valence-electron chi connectivity index (χ3n) is 10.1. The van der Waals surface area contributed by atoms with Crippen molar-refractivity contribution in [3.05, 3.63) is 34.1 Å². The second-order valence-corrected chi connectivity index (χ2v) is 13.3. The summed E-state index contributed by atoms with van der Waals surface area (Å²) in [7, 11) is 0. The van der Waals surface area contributed by atoms with Crippen molar-refractivity contribution in [1.29, 1.82) is 0 Å². The van der Waals surface area contributed by atoms with Crippen LogP contribution in [0.2, 0.25) is 5.02 Å². The van der Waals surface area contributed by atoms with Gasteiger partial charge in [-0.25, -0.2) is 4.39 Å². The van der Waals surface area contributed by atoms with E-state index in [2.05, 4.69) is 20.0 Å². The summed E-state index contributed by atoms with van der Waals surface area (Å²) in [6, 6.07) is 2.18. The molecule has 0 radical (unpaired) electrons. The molecular formula is C30H37ClFN7O3. The van der Waals surface area contributed by atoms with E-state index in [1.807, 2.05) is 11.0 Å². The summed E-state index contributed by atoms with van der Waals surface area (Å²) >= 11 is 6.84. The predicted octanol–water partition coefficient (Wildman–Crippen LogP) is 4.20. The average molecular weight is 598 g/mol. The highest BCUT2D eigenvalue weighted by atomic mass is 35.5. The molecular weight excluding hydrogens is 561 g/mol. The topological polar surface area (TPSA) is 114 Å². The van der Waals surface area contributed by atoms with Gasteiger partial charge in [0.1, 0.15) is 18.6 Å². The zero-order chi connectivity index (χ0) is 28.6. The molecule has 3 aromatic rings. The number of H-pyrrole nitrogens is 1. The van der Waals surface area contributed by atoms with E-state index in [4.69, 9.17) is 26.3 Å². The number of nitrogens with zero attached hydrogens (tertiary/aromatic N) is 6. The highest BCUT2D eigenvalue weighted by Gasteiger charge is 2.49. The highest BCUT2D eigenvalue weighted by molar-refractivity contribution is 6.33. The second-order valence-electron chi connectivity index (χ2n) is 12.9. The molecule has 10 nitrogen and oxygen atoms in total. The third kappa shape index (κ3) is 4.42. The molecule has 12 heteroatoms. The average Bonchev–Trinajstić information content (AvgIpc) is 3.36. The van der Waals surface area contributed by atoms with Gasteiger partial charge in [0.2, 0.25) is 0 Å². The van der Waals surface area contributed by atoms with Crippen molar-refractivity contribution in [3.63, 3.8) is 0 Å². The lowest BCUT2D eigenvalue weighted by atomic mass is 9.95. The smallest absolute Gasteiger partial charge is 0.318 e. The van der Waals surface area contributed by atoms with Gasteiger partial charge in [-0.05, 0) is 69.0 Å². The van der Waals surface area contributed by atoms with Gasteiger partial charge < -0.3 is 24.7 Å². The fraction of sp³-hybridized carbons (Fsp3) is 0.633. The van der Waals surface area contributed by atoms with E-state index in [1.165, 1.54) is 0 Å². The predicted molar refractivity (Wildman–Crippen MR) is 157 cm³/mol. The largest absolute Gasteiger partial charge is 0.461 e. The number of aliphatic hydroxyl groups is 2. The van der Waals surface area contributed by atoms with Gasteiger partial charge in [0.25, 0.3) is 0 Å². The number of aromatic amines is 1. The molecule has 4 aliphatic heterocycles. The third-order valence-corrected chi connectivity index (χ3v) is 10.4. The molecule has 8 rings (SSSR count). The molecule has 0 amide bonds. The maximum Gasteiger partial charge on any atom is 0.318 e. The van der Waals surface area contributed by atoms with E-state index in [9.17, 15) is 14.6 Å². The van der Waals surface area contributed by atoms with E-state index in [-0.39, 0.29) is 17.7 Å². The first-order valence-corrected chi connectivity index (χ1v) is 15.7. The fourth-order valence-corrected chi connectivity index (χ4v) is 8.19. The molecule has 4 atom stereocenters. The van der Waals surface area contributed by atoms with Crippen LogP contribution in [0.1, 0.15) is 80.3 Å². The maximum absolute atomic E-state index is 14.4. The first-order valence-electron chi connectivity index (χ1n) is 15.4. The van der Waals surface area contributed by atoms with Crippen LogP contribution in [0.4, 0.5) is 15.9 Å². The molecule has 3 saturated heterocycles. The Balaban J connectivity index is 1.18. The number of rotatable bonds is 6. The summed E-state index contributed by atoms with van der Waals surface area (Å²) in [5.74, 6) is 0.992. The van der Waals surface area contributed by atoms with E-state index < -0.39 is 12.4 Å². The summed E-state index contributed by atoms with van der Waals surface area (Å²) in [4.78, 5) is 16.1.